The van der Waals surface area contributed by atoms with Gasteiger partial charge in [0.15, 0.2) is 11.6 Å². The number of hydrogen-bond acceptors (Lipinski definition) is 27. The van der Waals surface area contributed by atoms with E-state index < -0.39 is 139 Å². The van der Waals surface area contributed by atoms with Crippen molar-refractivity contribution in [2.45, 2.75) is 337 Å². The van der Waals surface area contributed by atoms with Gasteiger partial charge in [-0.1, -0.05) is 93.9 Å². The Morgan fingerprint density at radius 1 is 0.375 bits per heavy atom. The van der Waals surface area contributed by atoms with E-state index in [4.69, 9.17) is 121 Å². The molecule has 2 rings (SSSR count). The van der Waals surface area contributed by atoms with Crippen molar-refractivity contribution in [3.8, 4) is 0 Å². The molecule has 54 heteroatoms. The summed E-state index contributed by atoms with van der Waals surface area (Å²) in [5, 5.41) is 52.6. The van der Waals surface area contributed by atoms with E-state index in [0.29, 0.717) is 116 Å². The molecule has 12 atom stereocenters. The van der Waals surface area contributed by atoms with Gasteiger partial charge in [0.25, 0.3) is 0 Å². The third-order valence-electron chi connectivity index (χ3n) is 18.0. The second-order valence-corrected chi connectivity index (χ2v) is 48.2. The van der Waals surface area contributed by atoms with Crippen molar-refractivity contribution in [3.05, 3.63) is 0 Å². The summed E-state index contributed by atoms with van der Waals surface area (Å²) in [7, 11) is -30.8. The molecule has 0 aromatic heterocycles. The summed E-state index contributed by atoms with van der Waals surface area (Å²) in [4.78, 5) is 213. The zero-order valence-corrected chi connectivity index (χ0v) is 84.3. The molecule has 2 heterocycles. The number of unbranched alkanes of at least 4 members (excludes halogenated alkanes) is 6. The molecule has 0 aromatic carbocycles. The van der Waals surface area contributed by atoms with Gasteiger partial charge in [-0.05, 0) is 183 Å². The van der Waals surface area contributed by atoms with Crippen LogP contribution in [0.4, 0.5) is 0 Å². The Morgan fingerprint density at radius 3 is 0.992 bits per heavy atom. The Morgan fingerprint density at radius 2 is 0.680 bits per heavy atom. The Kier molecular flexibility index (Phi) is 74.0. The molecular weight excluding hydrogens is 1860 g/mol. The van der Waals surface area contributed by atoms with Gasteiger partial charge < -0.3 is 147 Å². The van der Waals surface area contributed by atoms with Gasteiger partial charge in [-0.25, -0.2) is 0 Å². The molecule has 2 fully saturated rings. The van der Waals surface area contributed by atoms with Crippen LogP contribution >= 0.6 is 60.8 Å². The highest BCUT2D eigenvalue weighted by Crippen LogP contribution is 2.46. The summed E-state index contributed by atoms with van der Waals surface area (Å²) in [5.74, 6) is -5.74. The third-order valence-corrected chi connectivity index (χ3v) is 26.8. The van der Waals surface area contributed by atoms with Gasteiger partial charge >= 0.3 is 96.6 Å². The summed E-state index contributed by atoms with van der Waals surface area (Å²) in [6.07, 6.45) is 8.69. The number of esters is 1. The first-order chi connectivity index (χ1) is 57.9. The molecule has 2 aliphatic rings. The first-order valence-corrected chi connectivity index (χ1v) is 56.9. The molecule has 2 aliphatic heterocycles. The van der Waals surface area contributed by atoms with E-state index in [2.05, 4.69) is 16.0 Å². The highest BCUT2D eigenvalue weighted by molar-refractivity contribution is 7.54. The molecule has 128 heavy (non-hydrogen) atoms. The fraction of sp³-hybridized carbons (Fsp3) is 0.892. The van der Waals surface area contributed by atoms with Crippen molar-refractivity contribution in [1.82, 2.24) is 20.9 Å². The number of likely N-dealkylation sites (tertiary alicyclic amines) is 1. The Bertz CT molecular complexity index is 3540. The minimum Gasteiger partial charge on any atom is -0.480 e. The average molecular weight is 2020 g/mol. The first-order valence-electron chi connectivity index (χ1n) is 42.6. The number of ether oxygens (including phenoxy) is 1. The Hall–Kier alpha value is -2.96. The number of nitrogens with one attached hydrogen (secondary N) is 3. The molecule has 0 aromatic rings. The molecule has 0 amide bonds. The zero-order valence-electron chi connectivity index (χ0n) is 77.1. The Labute approximate surface area is 754 Å². The van der Waals surface area contributed by atoms with Gasteiger partial charge in [-0.15, -0.1) is 0 Å². The van der Waals surface area contributed by atoms with E-state index in [9.17, 15) is 84.7 Å². The molecule has 0 saturated carbocycles. The highest BCUT2D eigenvalue weighted by Gasteiger charge is 2.38. The molecule has 0 bridgehead atoms. The monoisotopic (exact) mass is 2020 g/mol. The molecule has 46 nitrogen and oxygen atoms in total. The standard InChI is InChI=1S/2C10H20NO5P.2C10H22NO5P.C10H22NO4P.2C8H18NO5P.C8H18NO4P/c1-7(2)16-10(12)9-5-8(3-4-11-9)6-17(13,14)15;1-7(2)11-4-3-8(6-17(14,15)16)5-9(11)10(12)13;1-8(2)16-17(14,15)7-5-3-4-6-9(11)10(12)13;1-8(2)11-9(10(12)13)6-4-3-5-7-17(14,15)16;1-8(2)10(12)9(11)6-4-3-5-7-16(13,14)15;1-6(2)14-15(12,13)5-3-4-7(9)8(10)11;1-6(2)9-7(8(10)11)4-3-5-15(12,13)14;1-6(2)8(10)7(9)4-3-5-14(11,12)13/h7-9,11H,3-6H2,1-2H3,(H2,13,14,15);7-9H,3-6H2,1-2H3,(H,12,13)(H2,14,15,16);8-9H,3-7,11H2,1-2H3,(H,12,13)(H,14,15);8-9,11H,3-7H2,1-2H3,(H,12,13)(H2,14,15,16);8-9H,3-7,11H2,1-2H3,(H2,13,14,15);6-7H,3-5,9H2,1-2H3,(H,10,11)(H,12,13);6-7,9H,3-5H2,1-2H3,(H,10,11)(H2,12,13,14);6-7H,3-5,9H2,1-2H3,(H2,11,12,13)/t2*8-,9+;;;;;;/m11....../s1. The normalized spacial score (nSPS) is 18.2. The number of aliphatic carboxylic acids is 5. The lowest BCUT2D eigenvalue weighted by Gasteiger charge is -2.39. The number of piperidine rings is 2. The van der Waals surface area contributed by atoms with Crippen molar-refractivity contribution in [3.63, 3.8) is 0 Å². The second kappa shape index (κ2) is 69.8. The number of rotatable bonds is 54. The van der Waals surface area contributed by atoms with Crippen LogP contribution in [0.2, 0.25) is 0 Å². The number of Topliss-reactive ketones (excluding diaryl/α,β-unsaturated/α-hetero) is 2. The van der Waals surface area contributed by atoms with E-state index in [1.54, 1.807) is 55.4 Å². The summed E-state index contributed by atoms with van der Waals surface area (Å²) in [6.45, 7) is 29.8. The molecule has 0 aliphatic carbocycles. The summed E-state index contributed by atoms with van der Waals surface area (Å²) >= 11 is 0. The largest absolute Gasteiger partial charge is 0.480 e. The van der Waals surface area contributed by atoms with Crippen LogP contribution in [-0.4, -0.2) is 293 Å². The Balaban J connectivity index is -0.000000333. The number of carbonyl (C=O) groups is 8. The molecule has 0 spiro atoms. The predicted molar refractivity (Wildman–Crippen MR) is 484 cm³/mol. The van der Waals surface area contributed by atoms with E-state index in [1.165, 1.54) is 0 Å². The average Bonchev–Trinajstić information content (AvgIpc) is 0.826. The maximum atomic E-state index is 11.6. The van der Waals surface area contributed by atoms with Crippen LogP contribution in [0.5, 0.6) is 0 Å². The molecule has 0 radical (unpaired) electrons. The fourth-order valence-electron chi connectivity index (χ4n) is 12.0. The molecule has 30 N–H and O–H groups in total. The molecule has 8 unspecified atom stereocenters. The number of carbonyl (C=O) groups excluding carboxylic acids is 3. The van der Waals surface area contributed by atoms with Crippen LogP contribution in [0.15, 0.2) is 0 Å². The first kappa shape index (κ1) is 136. The van der Waals surface area contributed by atoms with Crippen molar-refractivity contribution >= 4 is 108 Å². The quantitative estimate of drug-likeness (QED) is 0.0167. The van der Waals surface area contributed by atoms with E-state index in [-0.39, 0.29) is 159 Å². The van der Waals surface area contributed by atoms with Crippen LogP contribution in [-0.2, 0) is 88.7 Å². The van der Waals surface area contributed by atoms with Crippen molar-refractivity contribution in [1.29, 1.82) is 0 Å². The summed E-state index contributed by atoms with van der Waals surface area (Å²) in [6, 6.07) is -4.98. The van der Waals surface area contributed by atoms with Gasteiger partial charge in [0.2, 0.25) is 0 Å². The zero-order chi connectivity index (χ0) is 101. The van der Waals surface area contributed by atoms with Crippen LogP contribution < -0.4 is 38.9 Å². The van der Waals surface area contributed by atoms with Crippen LogP contribution in [0.25, 0.3) is 0 Å². The minimum absolute atomic E-state index is 0.0288. The van der Waals surface area contributed by atoms with Crippen LogP contribution in [0, 0.1) is 23.7 Å². The maximum absolute atomic E-state index is 11.6. The van der Waals surface area contributed by atoms with Gasteiger partial charge in [0, 0.05) is 60.8 Å². The second-order valence-electron chi connectivity index (χ2n) is 33.9. The van der Waals surface area contributed by atoms with Gasteiger partial charge in [-0.2, -0.15) is 0 Å². The van der Waals surface area contributed by atoms with Gasteiger partial charge in [0.1, 0.15) is 36.3 Å². The number of hydrogen-bond donors (Lipinski definition) is 26. The van der Waals surface area contributed by atoms with Gasteiger partial charge in [0.05, 0.1) is 48.9 Å². The van der Waals surface area contributed by atoms with E-state index in [0.717, 1.165) is 6.42 Å². The highest BCUT2D eigenvalue weighted by atomic mass is 31.2. The van der Waals surface area contributed by atoms with Crippen molar-refractivity contribution in [2.24, 2.45) is 46.6 Å². The fourth-order valence-corrected chi connectivity index (χ4v) is 19.2. The van der Waals surface area contributed by atoms with Crippen molar-refractivity contribution in [2.75, 3.05) is 62.4 Å². The number of nitrogens with two attached hydrogens (primary N) is 4. The van der Waals surface area contributed by atoms with Gasteiger partial charge in [-0.3, -0.25) is 79.8 Å². The molecule has 2 saturated heterocycles. The van der Waals surface area contributed by atoms with Crippen LogP contribution in [0.3, 0.4) is 0 Å². The SMILES string of the molecule is CC(C)C(=O)C(N)CCCCCP(=O)(O)O.CC(C)C(=O)C(N)CCCP(=O)(O)O.CC(C)N1CC[C@@H](CP(=O)(O)O)C[C@H]1C(=O)O.CC(C)NC(CCCCCP(=O)(O)O)C(=O)O.CC(C)NC(CCCP(=O)(O)O)C(=O)O.CC(C)OC(=O)[C@@H]1C[C@H](CP(=O)(O)O)CCN1.CC(C)OP(=O)(O)CCCC(N)C(=O)O.CC(C)OP(=O)(O)CCCCCC(N)C(=O)O. The van der Waals surface area contributed by atoms with Crippen LogP contribution in [0.1, 0.15) is 252 Å². The number of carboxylic acids is 5. The summed E-state index contributed by atoms with van der Waals surface area (Å²) < 4.78 is 102. The smallest absolute Gasteiger partial charge is 0.328 e. The third kappa shape index (κ3) is 88.3. The number of nitrogens with zero attached hydrogens (tertiary/aromatic N) is 1. The lowest BCUT2D eigenvalue weighted by molar-refractivity contribution is -0.151. The number of carboxylic acid groups (broad SMARTS) is 5. The van der Waals surface area contributed by atoms with E-state index in [1.807, 2.05) is 60.3 Å². The lowest BCUT2D eigenvalue weighted by atomic mass is 9.91. The topological polar surface area (TPSA) is 829 Å². The van der Waals surface area contributed by atoms with Crippen molar-refractivity contribution < 1.29 is 183 Å². The predicted octanol–water partition coefficient (Wildman–Crippen LogP) is 6.92. The molecule has 764 valence electrons. The van der Waals surface area contributed by atoms with E-state index >= 15 is 0 Å². The molecular formula is C74H160N8O38P8. The summed E-state index contributed by atoms with van der Waals surface area (Å²) in [5.41, 5.74) is 21.8. The minimum atomic E-state index is -4.05. The lowest BCUT2D eigenvalue weighted by Crippen LogP contribution is -2.50. The maximum Gasteiger partial charge on any atom is 0.328 e. The number of ketones is 2.